The topological polar surface area (TPSA) is 33.2 Å². The molecule has 0 aliphatic carbocycles. The van der Waals surface area contributed by atoms with Crippen molar-refractivity contribution in [2.45, 2.75) is 11.8 Å². The Hall–Kier alpha value is -1.63. The molecule has 3 rings (SSSR count). The summed E-state index contributed by atoms with van der Waals surface area (Å²) < 4.78 is 0.548. The van der Waals surface area contributed by atoms with Gasteiger partial charge in [0.25, 0.3) is 5.91 Å². The molecule has 1 fully saturated rings. The van der Waals surface area contributed by atoms with E-state index in [1.807, 2.05) is 55.6 Å². The first-order valence-corrected chi connectivity index (χ1v) is 9.39. The molecule has 3 nitrogen and oxygen atoms in total. The third-order valence-electron chi connectivity index (χ3n) is 3.29. The summed E-state index contributed by atoms with van der Waals surface area (Å²) in [6.45, 7) is 1.93. The highest BCUT2D eigenvalue weighted by Gasteiger charge is 2.33. The van der Waals surface area contributed by atoms with Gasteiger partial charge in [-0.3, -0.25) is 14.7 Å². The molecular weight excluding hydrogens is 344 g/mol. The third-order valence-corrected chi connectivity index (χ3v) is 5.32. The number of thiocarbonyl (C=S) groups is 1. The number of benzene rings is 1. The van der Waals surface area contributed by atoms with Gasteiger partial charge in [0, 0.05) is 10.6 Å². The van der Waals surface area contributed by atoms with E-state index in [0.717, 1.165) is 22.0 Å². The number of pyridine rings is 1. The lowest BCUT2D eigenvalue weighted by Gasteiger charge is -2.15. The van der Waals surface area contributed by atoms with Crippen molar-refractivity contribution >= 4 is 57.7 Å². The van der Waals surface area contributed by atoms with Crippen molar-refractivity contribution in [2.24, 2.45) is 0 Å². The van der Waals surface area contributed by atoms with Crippen molar-refractivity contribution in [3.05, 3.63) is 58.8 Å². The lowest BCUT2D eigenvalue weighted by atomic mass is 10.2. The second-order valence-corrected chi connectivity index (χ2v) is 7.48. The van der Waals surface area contributed by atoms with Gasteiger partial charge in [-0.25, -0.2) is 0 Å². The van der Waals surface area contributed by atoms with Gasteiger partial charge in [0.15, 0.2) is 4.32 Å². The molecule has 0 atom stereocenters. The first-order valence-electron chi connectivity index (χ1n) is 6.94. The van der Waals surface area contributed by atoms with Crippen LogP contribution in [-0.2, 0) is 4.79 Å². The number of hydrogen-bond acceptors (Lipinski definition) is 5. The van der Waals surface area contributed by atoms with Gasteiger partial charge in [0.1, 0.15) is 0 Å². The summed E-state index contributed by atoms with van der Waals surface area (Å²) in [5, 5.41) is 0. The normalized spacial score (nSPS) is 16.4. The van der Waals surface area contributed by atoms with Crippen LogP contribution in [0.1, 0.15) is 11.4 Å². The molecular formula is C17H14N2OS3. The molecule has 1 saturated heterocycles. The quantitative estimate of drug-likeness (QED) is 0.458. The van der Waals surface area contributed by atoms with Crippen LogP contribution in [0.25, 0.3) is 6.08 Å². The van der Waals surface area contributed by atoms with Crippen LogP contribution in [0, 0.1) is 6.92 Å². The van der Waals surface area contributed by atoms with E-state index in [1.54, 1.807) is 22.7 Å². The van der Waals surface area contributed by atoms with Crippen molar-refractivity contribution in [1.82, 2.24) is 4.98 Å². The number of thioether (sulfide) groups is 2. The Labute approximate surface area is 149 Å². The molecule has 0 N–H and O–H groups in total. The molecule has 0 saturated carbocycles. The second kappa shape index (κ2) is 6.86. The van der Waals surface area contributed by atoms with Crippen molar-refractivity contribution in [2.75, 3.05) is 11.2 Å². The fraction of sp³-hybridized carbons (Fsp3) is 0.118. The largest absolute Gasteiger partial charge is 0.270 e. The number of aryl methyl sites for hydroxylation is 1. The number of nitrogens with zero attached hydrogens (tertiary/aromatic N) is 2. The monoisotopic (exact) mass is 358 g/mol. The maximum Gasteiger partial charge on any atom is 0.270 e. The van der Waals surface area contributed by atoms with E-state index in [2.05, 4.69) is 4.98 Å². The number of aromatic nitrogens is 1. The van der Waals surface area contributed by atoms with Crippen LogP contribution in [0.2, 0.25) is 0 Å². The zero-order valence-corrected chi connectivity index (χ0v) is 15.1. The Balaban J connectivity index is 1.93. The first-order chi connectivity index (χ1) is 11.1. The number of anilines is 1. The van der Waals surface area contributed by atoms with Crippen molar-refractivity contribution in [3.63, 3.8) is 0 Å². The van der Waals surface area contributed by atoms with Crippen LogP contribution >= 0.6 is 35.7 Å². The molecule has 6 heteroatoms. The highest BCUT2D eigenvalue weighted by atomic mass is 32.2. The van der Waals surface area contributed by atoms with E-state index in [1.165, 1.54) is 11.8 Å². The molecule has 0 spiro atoms. The standard InChI is InChI=1S/C17H14N2OS3/c1-11-5-3-6-12(18-11)9-15-16(20)19(17(21)23-15)13-7-4-8-14(10-13)22-2/h3-10H,1-2H3/b15-9+. The molecule has 0 bridgehead atoms. The molecule has 1 aromatic carbocycles. The smallest absolute Gasteiger partial charge is 0.268 e. The maximum absolute atomic E-state index is 12.7. The van der Waals surface area contributed by atoms with E-state index in [9.17, 15) is 4.79 Å². The summed E-state index contributed by atoms with van der Waals surface area (Å²) in [5.41, 5.74) is 2.49. The zero-order chi connectivity index (χ0) is 16.4. The molecule has 23 heavy (non-hydrogen) atoms. The molecule has 1 aromatic heterocycles. The van der Waals surface area contributed by atoms with Crippen molar-refractivity contribution in [3.8, 4) is 0 Å². The van der Waals surface area contributed by atoms with Gasteiger partial charge >= 0.3 is 0 Å². The maximum atomic E-state index is 12.7. The second-order valence-electron chi connectivity index (χ2n) is 4.92. The van der Waals surface area contributed by atoms with Crippen LogP contribution in [0.4, 0.5) is 5.69 Å². The Kier molecular flexibility index (Phi) is 4.84. The van der Waals surface area contributed by atoms with Gasteiger partial charge < -0.3 is 0 Å². The molecule has 2 heterocycles. The van der Waals surface area contributed by atoms with E-state index in [4.69, 9.17) is 12.2 Å². The fourth-order valence-corrected chi connectivity index (χ4v) is 3.96. The summed E-state index contributed by atoms with van der Waals surface area (Å²) in [4.78, 5) is 20.4. The summed E-state index contributed by atoms with van der Waals surface area (Å²) >= 11 is 8.35. The molecule has 2 aromatic rings. The van der Waals surface area contributed by atoms with Gasteiger partial charge in [-0.15, -0.1) is 11.8 Å². The minimum absolute atomic E-state index is 0.0958. The molecule has 1 aliphatic rings. The molecule has 0 radical (unpaired) electrons. The van der Waals surface area contributed by atoms with Gasteiger partial charge in [-0.05, 0) is 49.6 Å². The summed E-state index contributed by atoms with van der Waals surface area (Å²) in [6, 6.07) is 13.6. The zero-order valence-electron chi connectivity index (χ0n) is 12.6. The SMILES string of the molecule is CSc1cccc(N2C(=O)/C(=C\c3cccc(C)n3)SC2=S)c1. The van der Waals surface area contributed by atoms with Gasteiger partial charge in [-0.1, -0.05) is 36.1 Å². The van der Waals surface area contributed by atoms with Crippen molar-refractivity contribution in [1.29, 1.82) is 0 Å². The van der Waals surface area contributed by atoms with Crippen LogP contribution in [0.15, 0.2) is 52.3 Å². The summed E-state index contributed by atoms with van der Waals surface area (Å²) in [5.74, 6) is -0.0958. The Morgan fingerprint density at radius 1 is 1.26 bits per heavy atom. The van der Waals surface area contributed by atoms with Crippen LogP contribution in [0.5, 0.6) is 0 Å². The highest BCUT2D eigenvalue weighted by Crippen LogP contribution is 2.36. The minimum Gasteiger partial charge on any atom is -0.268 e. The summed E-state index contributed by atoms with van der Waals surface area (Å²) in [7, 11) is 0. The lowest BCUT2D eigenvalue weighted by Crippen LogP contribution is -2.27. The van der Waals surface area contributed by atoms with Crippen LogP contribution < -0.4 is 4.90 Å². The number of amides is 1. The Morgan fingerprint density at radius 3 is 2.78 bits per heavy atom. The lowest BCUT2D eigenvalue weighted by molar-refractivity contribution is -0.113. The van der Waals surface area contributed by atoms with E-state index in [0.29, 0.717) is 9.23 Å². The minimum atomic E-state index is -0.0958. The van der Waals surface area contributed by atoms with E-state index >= 15 is 0 Å². The molecule has 116 valence electrons. The van der Waals surface area contributed by atoms with Crippen LogP contribution in [0.3, 0.4) is 0 Å². The predicted octanol–water partition coefficient (Wildman–Crippen LogP) is 4.52. The predicted molar refractivity (Wildman–Crippen MR) is 103 cm³/mol. The first kappa shape index (κ1) is 16.2. The average molecular weight is 359 g/mol. The molecule has 1 aliphatic heterocycles. The number of carbonyl (C=O) groups is 1. The van der Waals surface area contributed by atoms with E-state index < -0.39 is 0 Å². The fourth-order valence-electron chi connectivity index (χ4n) is 2.22. The number of rotatable bonds is 3. The molecule has 0 unspecified atom stereocenters. The summed E-state index contributed by atoms with van der Waals surface area (Å²) in [6.07, 6.45) is 3.80. The number of hydrogen-bond donors (Lipinski definition) is 0. The van der Waals surface area contributed by atoms with Gasteiger partial charge in [0.05, 0.1) is 16.3 Å². The molecule has 1 amide bonds. The van der Waals surface area contributed by atoms with Crippen molar-refractivity contribution < 1.29 is 4.79 Å². The highest BCUT2D eigenvalue weighted by molar-refractivity contribution is 8.27. The van der Waals surface area contributed by atoms with Gasteiger partial charge in [0.2, 0.25) is 0 Å². The Morgan fingerprint density at radius 2 is 2.04 bits per heavy atom. The number of carbonyl (C=O) groups excluding carboxylic acids is 1. The van der Waals surface area contributed by atoms with Gasteiger partial charge in [-0.2, -0.15) is 0 Å². The van der Waals surface area contributed by atoms with Crippen LogP contribution in [-0.4, -0.2) is 21.5 Å². The third kappa shape index (κ3) is 3.49. The van der Waals surface area contributed by atoms with E-state index in [-0.39, 0.29) is 5.91 Å². The average Bonchev–Trinajstić information content (AvgIpc) is 2.81. The Bertz CT molecular complexity index is 817.